The third-order valence-electron chi connectivity index (χ3n) is 7.83. The molecule has 0 aliphatic heterocycles. The monoisotopic (exact) mass is 759 g/mol. The highest BCUT2D eigenvalue weighted by atomic mass is 16.6. The van der Waals surface area contributed by atoms with Gasteiger partial charge in [0, 0.05) is 23.4 Å². The van der Waals surface area contributed by atoms with Gasteiger partial charge in [0.1, 0.15) is 30.3 Å². The molecule has 292 valence electrons. The number of rotatable bonds is 15. The van der Waals surface area contributed by atoms with Crippen LogP contribution < -0.4 is 25.4 Å². The summed E-state index contributed by atoms with van der Waals surface area (Å²) in [6, 6.07) is 30.0. The Morgan fingerprint density at radius 2 is 1.30 bits per heavy atom. The number of alkyl carbamates (subject to hydrolysis) is 1. The van der Waals surface area contributed by atoms with Crippen LogP contribution in [0.1, 0.15) is 44.5 Å². The van der Waals surface area contributed by atoms with Crippen LogP contribution >= 0.6 is 0 Å². The Balaban J connectivity index is 0.000000552. The van der Waals surface area contributed by atoms with Crippen LogP contribution in [0.2, 0.25) is 0 Å². The number of fused-ring (bicyclic) bond motifs is 2. The van der Waals surface area contributed by atoms with Gasteiger partial charge in [-0.25, -0.2) is 9.59 Å². The van der Waals surface area contributed by atoms with E-state index in [1.165, 1.54) is 12.1 Å². The molecule has 0 atom stereocenters. The summed E-state index contributed by atoms with van der Waals surface area (Å²) in [5.41, 5.74) is 1.92. The lowest BCUT2D eigenvalue weighted by Gasteiger charge is -2.19. The van der Waals surface area contributed by atoms with Crippen molar-refractivity contribution < 1.29 is 38.1 Å². The van der Waals surface area contributed by atoms with Gasteiger partial charge in [-0.1, -0.05) is 99.0 Å². The van der Waals surface area contributed by atoms with E-state index < -0.39 is 23.4 Å². The van der Waals surface area contributed by atoms with E-state index in [2.05, 4.69) is 29.1 Å². The van der Waals surface area contributed by atoms with Gasteiger partial charge < -0.3 is 34.9 Å². The van der Waals surface area contributed by atoms with Crippen molar-refractivity contribution in [1.29, 1.82) is 0 Å². The second-order valence-corrected chi connectivity index (χ2v) is 13.4. The fraction of sp³-hybridized carbons (Fsp3) is 0.244. The van der Waals surface area contributed by atoms with Crippen LogP contribution in [0.25, 0.3) is 32.7 Å². The summed E-state index contributed by atoms with van der Waals surface area (Å²) >= 11 is 0. The first-order valence-corrected chi connectivity index (χ1v) is 18.3. The van der Waals surface area contributed by atoms with Crippen LogP contribution in [0.15, 0.2) is 122 Å². The minimum atomic E-state index is -0.535. The second-order valence-electron chi connectivity index (χ2n) is 13.4. The van der Waals surface area contributed by atoms with E-state index in [0.29, 0.717) is 30.3 Å². The molecule has 0 aromatic heterocycles. The Hall–Kier alpha value is -6.62. The smallest absolute Gasteiger partial charge is 0.407 e. The number of hydrogen-bond donors (Lipinski definition) is 3. The standard InChI is InChI=1S/C37H32N2O6.C8H17NO2/c1-3-20-43-31-18-16-25-10-5-7-14-29(25)35(31)36-30-15-8-6-11-26(30)17-19-32(36)45-24-34(41)38-23-33(40)39-28-13-9-12-27(22-28)37(42)44-21-4-2;1-5-6-9-7(10)11-8(2,3)4/h3-19,22H,1-2,20-21,23-24H2,(H,38,41)(H,39,40);5-6H2,1-4H3,(H,9,10). The molecule has 5 aromatic carbocycles. The molecule has 0 saturated carbocycles. The lowest BCUT2D eigenvalue weighted by molar-refractivity contribution is -0.125. The predicted octanol–water partition coefficient (Wildman–Crippen LogP) is 8.62. The van der Waals surface area contributed by atoms with E-state index in [9.17, 15) is 19.2 Å². The van der Waals surface area contributed by atoms with E-state index in [4.69, 9.17) is 18.9 Å². The SMILES string of the molecule is C=CCOC(=O)c1cccc(NC(=O)CNC(=O)COc2ccc3ccccc3c2-c2c(OCC=C)ccc3ccccc23)c1.CCCNC(=O)OC(C)(C)C. The third-order valence-corrected chi connectivity index (χ3v) is 7.83. The molecule has 0 unspecified atom stereocenters. The molecule has 0 aliphatic carbocycles. The third kappa shape index (κ3) is 12.5. The van der Waals surface area contributed by atoms with Crippen molar-refractivity contribution in [3.05, 3.63) is 128 Å². The van der Waals surface area contributed by atoms with Crippen LogP contribution in [-0.4, -0.2) is 62.4 Å². The minimum absolute atomic E-state index is 0.0798. The van der Waals surface area contributed by atoms with Gasteiger partial charge in [-0.2, -0.15) is 0 Å². The fourth-order valence-electron chi connectivity index (χ4n) is 5.47. The molecule has 0 radical (unpaired) electrons. The molecule has 3 N–H and O–H groups in total. The minimum Gasteiger partial charge on any atom is -0.489 e. The van der Waals surface area contributed by atoms with Gasteiger partial charge in [0.2, 0.25) is 5.91 Å². The van der Waals surface area contributed by atoms with E-state index >= 15 is 0 Å². The van der Waals surface area contributed by atoms with Gasteiger partial charge in [0.25, 0.3) is 5.91 Å². The van der Waals surface area contributed by atoms with Crippen LogP contribution in [-0.2, 0) is 19.1 Å². The molecule has 0 spiro atoms. The topological polar surface area (TPSA) is 141 Å². The highest BCUT2D eigenvalue weighted by Crippen LogP contribution is 2.45. The van der Waals surface area contributed by atoms with E-state index in [0.717, 1.165) is 39.1 Å². The summed E-state index contributed by atoms with van der Waals surface area (Å²) in [7, 11) is 0. The van der Waals surface area contributed by atoms with Gasteiger partial charge >= 0.3 is 12.1 Å². The molecule has 0 aliphatic rings. The van der Waals surface area contributed by atoms with Crippen molar-refractivity contribution in [3.8, 4) is 22.6 Å². The molecule has 11 heteroatoms. The number of hydrogen-bond acceptors (Lipinski definition) is 8. The Labute approximate surface area is 327 Å². The normalized spacial score (nSPS) is 10.6. The number of ether oxygens (including phenoxy) is 4. The maximum atomic E-state index is 12.8. The van der Waals surface area contributed by atoms with Crippen molar-refractivity contribution in [1.82, 2.24) is 10.6 Å². The molecule has 56 heavy (non-hydrogen) atoms. The summed E-state index contributed by atoms with van der Waals surface area (Å²) in [6.07, 6.45) is 3.75. The first-order valence-electron chi connectivity index (χ1n) is 18.3. The highest BCUT2D eigenvalue weighted by molar-refractivity contribution is 6.10. The highest BCUT2D eigenvalue weighted by Gasteiger charge is 2.20. The first-order chi connectivity index (χ1) is 26.9. The molecular weight excluding hydrogens is 711 g/mol. The van der Waals surface area contributed by atoms with Crippen molar-refractivity contribution >= 4 is 51.1 Å². The van der Waals surface area contributed by atoms with Crippen molar-refractivity contribution in [2.24, 2.45) is 0 Å². The van der Waals surface area contributed by atoms with E-state index in [1.54, 1.807) is 24.3 Å². The molecule has 0 bridgehead atoms. The lowest BCUT2D eigenvalue weighted by atomic mass is 9.92. The molecular formula is C45H49N3O8. The molecule has 5 aromatic rings. The largest absolute Gasteiger partial charge is 0.489 e. The van der Waals surface area contributed by atoms with Gasteiger partial charge in [-0.05, 0) is 79.1 Å². The Kier molecular flexibility index (Phi) is 15.6. The number of carbonyl (C=O) groups excluding carboxylic acids is 4. The van der Waals surface area contributed by atoms with Crippen LogP contribution in [0.5, 0.6) is 11.5 Å². The van der Waals surface area contributed by atoms with E-state index in [1.807, 2.05) is 100 Å². The molecule has 0 heterocycles. The predicted molar refractivity (Wildman–Crippen MR) is 221 cm³/mol. The molecule has 3 amide bonds. The van der Waals surface area contributed by atoms with Gasteiger partial charge in [0.05, 0.1) is 12.1 Å². The average Bonchev–Trinajstić information content (AvgIpc) is 3.19. The number of anilines is 1. The Morgan fingerprint density at radius 3 is 1.89 bits per heavy atom. The molecule has 5 rings (SSSR count). The maximum absolute atomic E-state index is 12.8. The average molecular weight is 760 g/mol. The van der Waals surface area contributed by atoms with Crippen LogP contribution in [0.4, 0.5) is 10.5 Å². The van der Waals surface area contributed by atoms with Crippen molar-refractivity contribution in [3.63, 3.8) is 0 Å². The lowest BCUT2D eigenvalue weighted by Crippen LogP contribution is -2.35. The molecule has 0 saturated heterocycles. The van der Waals surface area contributed by atoms with Crippen molar-refractivity contribution in [2.45, 2.75) is 39.7 Å². The van der Waals surface area contributed by atoms with Gasteiger partial charge in [-0.3, -0.25) is 9.59 Å². The summed E-state index contributed by atoms with van der Waals surface area (Å²) in [4.78, 5) is 48.4. The summed E-state index contributed by atoms with van der Waals surface area (Å²) in [6.45, 7) is 15.3. The second kappa shape index (κ2) is 20.7. The van der Waals surface area contributed by atoms with Crippen molar-refractivity contribution in [2.75, 3.05) is 38.2 Å². The zero-order valence-electron chi connectivity index (χ0n) is 32.3. The summed E-state index contributed by atoms with van der Waals surface area (Å²) in [5, 5.41) is 11.8. The van der Waals surface area contributed by atoms with Gasteiger partial charge in [0.15, 0.2) is 6.61 Å². The summed E-state index contributed by atoms with van der Waals surface area (Å²) in [5.74, 6) is -0.326. The van der Waals surface area contributed by atoms with Gasteiger partial charge in [-0.15, -0.1) is 0 Å². The van der Waals surface area contributed by atoms with Crippen LogP contribution in [0, 0.1) is 0 Å². The number of amides is 3. The van der Waals surface area contributed by atoms with Crippen LogP contribution in [0.3, 0.4) is 0 Å². The number of carbonyl (C=O) groups is 4. The zero-order valence-corrected chi connectivity index (χ0v) is 32.3. The maximum Gasteiger partial charge on any atom is 0.407 e. The zero-order chi connectivity index (χ0) is 40.5. The fourth-order valence-corrected chi connectivity index (χ4v) is 5.47. The number of esters is 1. The first kappa shape index (κ1) is 42.1. The summed E-state index contributed by atoms with van der Waals surface area (Å²) < 4.78 is 22.2. The number of benzene rings is 5. The quantitative estimate of drug-likeness (QED) is 0.0712. The molecule has 0 fully saturated rings. The number of nitrogens with one attached hydrogen (secondary N) is 3. The Morgan fingerprint density at radius 1 is 0.696 bits per heavy atom. The van der Waals surface area contributed by atoms with E-state index in [-0.39, 0.29) is 31.4 Å². The Bertz CT molecular complexity index is 2170. The molecule has 11 nitrogen and oxygen atoms in total.